The first-order valence-electron chi connectivity index (χ1n) is 10.7. The summed E-state index contributed by atoms with van der Waals surface area (Å²) in [6.45, 7) is 0.675. The molecule has 3 N–H and O–H groups in total. The Kier molecular flexibility index (Phi) is 4.62. The van der Waals surface area contributed by atoms with Crippen LogP contribution in [0, 0.1) is 6.20 Å². The molecular weight excluding hydrogens is 426 g/mol. The van der Waals surface area contributed by atoms with E-state index in [0.717, 1.165) is 27.4 Å². The first-order valence-corrected chi connectivity index (χ1v) is 10.7. The van der Waals surface area contributed by atoms with Crippen molar-refractivity contribution >= 4 is 50.0 Å². The summed E-state index contributed by atoms with van der Waals surface area (Å²) in [6, 6.07) is 22.0. The molecule has 0 aliphatic rings. The zero-order chi connectivity index (χ0) is 23.1. The van der Waals surface area contributed by atoms with Crippen LogP contribution in [0.4, 0.5) is 11.5 Å². The van der Waals surface area contributed by atoms with Gasteiger partial charge in [-0.3, -0.25) is 14.5 Å². The van der Waals surface area contributed by atoms with Crippen LogP contribution < -0.4 is 11.1 Å². The summed E-state index contributed by atoms with van der Waals surface area (Å²) < 4.78 is 1.95. The summed E-state index contributed by atoms with van der Waals surface area (Å²) in [6.07, 6.45) is 6.40. The van der Waals surface area contributed by atoms with E-state index in [1.165, 1.54) is 11.8 Å². The van der Waals surface area contributed by atoms with Crippen LogP contribution in [0.1, 0.15) is 16.2 Å². The number of primary amides is 1. The monoisotopic (exact) mass is 444 g/mol. The normalized spacial score (nSPS) is 11.3. The molecule has 3 aromatic carbocycles. The maximum absolute atomic E-state index is 11.8. The second-order valence-electron chi connectivity index (χ2n) is 7.93. The van der Waals surface area contributed by atoms with Crippen LogP contribution >= 0.6 is 0 Å². The topological polar surface area (TPSA) is 112 Å². The molecule has 8 heteroatoms. The summed E-state index contributed by atoms with van der Waals surface area (Å²) >= 11 is 0. The number of nitrogens with zero attached hydrogens (tertiary/aromatic N) is 5. The average molecular weight is 444 g/mol. The number of nitrogens with two attached hydrogens (primary N) is 1. The van der Waals surface area contributed by atoms with Gasteiger partial charge in [-0.1, -0.05) is 54.6 Å². The number of carbonyl (C=O) groups is 1. The summed E-state index contributed by atoms with van der Waals surface area (Å²) in [5.41, 5.74) is 8.79. The van der Waals surface area contributed by atoms with Gasteiger partial charge in [0.05, 0.1) is 30.0 Å². The fourth-order valence-electron chi connectivity index (χ4n) is 4.13. The molecule has 6 rings (SSSR count). The number of amides is 1. The van der Waals surface area contributed by atoms with Crippen molar-refractivity contribution in [1.82, 2.24) is 24.7 Å². The third-order valence-electron chi connectivity index (χ3n) is 5.68. The second kappa shape index (κ2) is 7.93. The first kappa shape index (κ1) is 19.8. The van der Waals surface area contributed by atoms with Gasteiger partial charge in [-0.2, -0.15) is 5.10 Å². The Bertz CT molecular complexity index is 1690. The lowest BCUT2D eigenvalue weighted by molar-refractivity contribution is 0.0991. The molecule has 3 aromatic heterocycles. The highest BCUT2D eigenvalue weighted by molar-refractivity contribution is 6.12. The molecule has 8 nitrogen and oxygen atoms in total. The lowest BCUT2D eigenvalue weighted by Crippen LogP contribution is -2.16. The smallest absolute Gasteiger partial charge is 0.286 e. The lowest BCUT2D eigenvalue weighted by Gasteiger charge is -2.12. The number of hydrogen-bond acceptors (Lipinski definition) is 6. The van der Waals surface area contributed by atoms with Gasteiger partial charge in [0.2, 0.25) is 5.82 Å². The highest BCUT2D eigenvalue weighted by Crippen LogP contribution is 2.34. The molecule has 3 heterocycles. The van der Waals surface area contributed by atoms with Gasteiger partial charge in [-0.15, -0.1) is 0 Å². The maximum atomic E-state index is 11.8. The Labute approximate surface area is 194 Å². The van der Waals surface area contributed by atoms with Crippen molar-refractivity contribution in [3.63, 3.8) is 0 Å². The lowest BCUT2D eigenvalue weighted by atomic mass is 10.0. The van der Waals surface area contributed by atoms with Crippen molar-refractivity contribution in [1.29, 1.82) is 0 Å². The quantitative estimate of drug-likeness (QED) is 0.412. The number of fused-ring (bicyclic) bond motifs is 4. The van der Waals surface area contributed by atoms with E-state index in [2.05, 4.69) is 50.9 Å². The van der Waals surface area contributed by atoms with Crippen LogP contribution in [0.3, 0.4) is 0 Å². The predicted molar refractivity (Wildman–Crippen MR) is 131 cm³/mol. The van der Waals surface area contributed by atoms with Crippen LogP contribution in [0.15, 0.2) is 79.1 Å². The molecule has 1 amide bonds. The van der Waals surface area contributed by atoms with Crippen molar-refractivity contribution in [3.05, 3.63) is 96.7 Å². The van der Waals surface area contributed by atoms with Gasteiger partial charge in [0.25, 0.3) is 5.91 Å². The number of aromatic nitrogens is 5. The van der Waals surface area contributed by atoms with Crippen LogP contribution in [-0.2, 0) is 6.54 Å². The van der Waals surface area contributed by atoms with Crippen molar-refractivity contribution < 1.29 is 4.79 Å². The average Bonchev–Trinajstić information content (AvgIpc) is 3.27. The standard InChI is InChI=1S/C26H18N7O/c27-24(34)26-30-23-13-28-11-10-19(23)25(31-26)29-21-12-22-20(17-8-4-5-9-18(17)21)15-33(32-22)14-16-6-2-1-3-7-16/h1-10,12-13,15H,14H2,(H2,27,34)(H,29,30,31). The molecule has 0 bridgehead atoms. The van der Waals surface area contributed by atoms with Gasteiger partial charge < -0.3 is 11.1 Å². The Balaban J connectivity index is 1.50. The molecule has 1 radical (unpaired) electrons. The largest absolute Gasteiger partial charge is 0.363 e. The number of hydrogen-bond donors (Lipinski definition) is 2. The Hall–Kier alpha value is -4.85. The molecule has 0 spiro atoms. The van der Waals surface area contributed by atoms with E-state index in [0.29, 0.717) is 23.3 Å². The van der Waals surface area contributed by atoms with E-state index in [4.69, 9.17) is 10.8 Å². The number of anilines is 2. The van der Waals surface area contributed by atoms with E-state index in [1.54, 1.807) is 6.07 Å². The fraction of sp³-hybridized carbons (Fsp3) is 0.0385. The van der Waals surface area contributed by atoms with Crippen LogP contribution in [-0.4, -0.2) is 30.6 Å². The summed E-state index contributed by atoms with van der Waals surface area (Å²) in [5.74, 6) is -0.344. The number of rotatable bonds is 5. The van der Waals surface area contributed by atoms with E-state index >= 15 is 0 Å². The minimum atomic E-state index is -0.710. The Morgan fingerprint density at radius 1 is 0.941 bits per heavy atom. The van der Waals surface area contributed by atoms with Crippen molar-refractivity contribution in [2.24, 2.45) is 5.73 Å². The number of pyridine rings is 1. The highest BCUT2D eigenvalue weighted by atomic mass is 16.1. The molecule has 34 heavy (non-hydrogen) atoms. The second-order valence-corrected chi connectivity index (χ2v) is 7.93. The Morgan fingerprint density at radius 2 is 1.74 bits per heavy atom. The van der Waals surface area contributed by atoms with Crippen LogP contribution in [0.25, 0.3) is 32.6 Å². The molecule has 0 saturated carbocycles. The third kappa shape index (κ3) is 3.47. The highest BCUT2D eigenvalue weighted by Gasteiger charge is 2.15. The molecule has 0 fully saturated rings. The predicted octanol–water partition coefficient (Wildman–Crippen LogP) is 4.22. The van der Waals surface area contributed by atoms with Gasteiger partial charge in [-0.25, -0.2) is 9.97 Å². The van der Waals surface area contributed by atoms with Crippen LogP contribution in [0.5, 0.6) is 0 Å². The van der Waals surface area contributed by atoms with Gasteiger partial charge in [-0.05, 0) is 23.1 Å². The Morgan fingerprint density at radius 3 is 2.56 bits per heavy atom. The van der Waals surface area contributed by atoms with Crippen molar-refractivity contribution in [2.45, 2.75) is 6.54 Å². The number of benzene rings is 3. The molecule has 0 unspecified atom stereocenters. The molecule has 0 atom stereocenters. The van der Waals surface area contributed by atoms with E-state index in [-0.39, 0.29) is 5.82 Å². The molecule has 0 saturated heterocycles. The maximum Gasteiger partial charge on any atom is 0.286 e. The fourth-order valence-corrected chi connectivity index (χ4v) is 4.13. The van der Waals surface area contributed by atoms with Crippen LogP contribution in [0.2, 0.25) is 0 Å². The summed E-state index contributed by atoms with van der Waals surface area (Å²) in [5, 5.41) is 12.0. The molecule has 0 aliphatic carbocycles. The van der Waals surface area contributed by atoms with E-state index < -0.39 is 5.91 Å². The van der Waals surface area contributed by atoms with Crippen molar-refractivity contribution in [3.8, 4) is 0 Å². The summed E-state index contributed by atoms with van der Waals surface area (Å²) in [4.78, 5) is 24.4. The third-order valence-corrected chi connectivity index (χ3v) is 5.68. The molecule has 0 aliphatic heterocycles. The number of nitrogens with one attached hydrogen (secondary N) is 1. The molecular formula is C26H18N7O. The summed E-state index contributed by atoms with van der Waals surface area (Å²) in [7, 11) is 0. The zero-order valence-electron chi connectivity index (χ0n) is 17.9. The zero-order valence-corrected chi connectivity index (χ0v) is 17.9. The van der Waals surface area contributed by atoms with Gasteiger partial charge in [0.1, 0.15) is 5.82 Å². The molecule has 6 aromatic rings. The van der Waals surface area contributed by atoms with E-state index in [1.807, 2.05) is 47.1 Å². The van der Waals surface area contributed by atoms with Gasteiger partial charge in [0.15, 0.2) is 0 Å². The minimum Gasteiger partial charge on any atom is -0.363 e. The van der Waals surface area contributed by atoms with Crippen molar-refractivity contribution in [2.75, 3.05) is 5.32 Å². The van der Waals surface area contributed by atoms with Gasteiger partial charge in [0, 0.05) is 28.0 Å². The SMILES string of the molecule is NC(=O)c1nc(Nc2cc3nn(Cc4ccccc4)cc3c3ccccc23)c2c[c]ncc2n1. The van der Waals surface area contributed by atoms with Gasteiger partial charge >= 0.3 is 0 Å². The number of carbonyl (C=O) groups excluding carboxylic acids is 1. The van der Waals surface area contributed by atoms with E-state index in [9.17, 15) is 4.79 Å². The minimum absolute atomic E-state index is 0.0828. The first-order chi connectivity index (χ1) is 16.7. The molecule has 163 valence electrons.